The Hall–Kier alpha value is -4.01. The molecule has 1 atom stereocenters. The van der Waals surface area contributed by atoms with Gasteiger partial charge in [0.15, 0.2) is 11.5 Å². The van der Waals surface area contributed by atoms with Gasteiger partial charge < -0.3 is 15.5 Å². The molecule has 2 N–H and O–H groups in total. The zero-order valence-corrected chi connectivity index (χ0v) is 31.3. The number of aromatic nitrogens is 2. The third-order valence-corrected chi connectivity index (χ3v) is 9.64. The number of likely N-dealkylation sites (tertiary alicyclic amines) is 1. The van der Waals surface area contributed by atoms with Crippen molar-refractivity contribution < 1.29 is 18.8 Å². The maximum absolute atomic E-state index is 15.2. The summed E-state index contributed by atoms with van der Waals surface area (Å²) in [5.74, 6) is -0.378. The molecule has 2 heterocycles. The van der Waals surface area contributed by atoms with Crippen LogP contribution in [0, 0.1) is 24.1 Å². The molecule has 1 aromatic carbocycles. The molecular weight excluding hydrogens is 617 g/mol. The van der Waals surface area contributed by atoms with E-state index in [1.54, 1.807) is 22.7 Å². The number of amides is 3. The van der Waals surface area contributed by atoms with Crippen LogP contribution >= 0.6 is 0 Å². The van der Waals surface area contributed by atoms with Crippen LogP contribution in [0.2, 0.25) is 0 Å². The fourth-order valence-corrected chi connectivity index (χ4v) is 6.19. The lowest BCUT2D eigenvalue weighted by atomic mass is 9.73. The molecule has 0 spiro atoms. The number of nitrogens with zero attached hydrogens (tertiary/aromatic N) is 3. The first-order valence-corrected chi connectivity index (χ1v) is 17.8. The van der Waals surface area contributed by atoms with Crippen molar-refractivity contribution in [2.75, 3.05) is 18.9 Å². The van der Waals surface area contributed by atoms with Crippen LogP contribution in [0.25, 0.3) is 5.57 Å². The molecule has 8 nitrogen and oxygen atoms in total. The van der Waals surface area contributed by atoms with Crippen LogP contribution in [0.4, 0.5) is 14.9 Å². The van der Waals surface area contributed by atoms with Crippen LogP contribution < -0.4 is 10.6 Å². The summed E-state index contributed by atoms with van der Waals surface area (Å²) in [6, 6.07) is 2.84. The lowest BCUT2D eigenvalue weighted by molar-refractivity contribution is -0.140. The van der Waals surface area contributed by atoms with E-state index < -0.39 is 17.0 Å². The average Bonchev–Trinajstić information content (AvgIpc) is 3.44. The van der Waals surface area contributed by atoms with E-state index in [0.29, 0.717) is 29.8 Å². The first kappa shape index (κ1) is 39.4. The highest BCUT2D eigenvalue weighted by molar-refractivity contribution is 6.03. The summed E-state index contributed by atoms with van der Waals surface area (Å²) < 4.78 is 16.9. The highest BCUT2D eigenvalue weighted by Crippen LogP contribution is 2.38. The van der Waals surface area contributed by atoms with Gasteiger partial charge >= 0.3 is 6.03 Å². The number of Topliss-reactive ketones (excluding diaryl/α,β-unsaturated/α-hetero) is 1. The van der Waals surface area contributed by atoms with Gasteiger partial charge in [0.2, 0.25) is 5.91 Å². The summed E-state index contributed by atoms with van der Waals surface area (Å²) in [6.07, 6.45) is 14.1. The zero-order valence-electron chi connectivity index (χ0n) is 31.3. The molecule has 0 radical (unpaired) electrons. The minimum Gasteiger partial charge on any atom is -0.345 e. The van der Waals surface area contributed by atoms with E-state index in [2.05, 4.69) is 35.3 Å². The Bertz CT molecular complexity index is 1580. The largest absolute Gasteiger partial charge is 0.345 e. The standard InChI is InChI=1S/C40H58FN5O3/c1-11-13-14-16-30(19-18-27(3)12-2)32-23-29(24-33(41)28(32)4)25-42-38(49)43-34-26-46(39(5,6)7)44-36(34)35(47)21-20-31-17-15-22-45(10)37(48)40(31,8)9/h16,18-19,23-24,26,31H,3,11-15,17,20-22,25H2,1-2,4-10H3,(H2,42,43,49). The first-order chi connectivity index (χ1) is 23.0. The van der Waals surface area contributed by atoms with Crippen molar-refractivity contribution >= 4 is 29.0 Å². The lowest BCUT2D eigenvalue weighted by Crippen LogP contribution is -2.40. The maximum Gasteiger partial charge on any atom is 0.319 e. The molecular formula is C40H58FN5O3. The Morgan fingerprint density at radius 2 is 1.90 bits per heavy atom. The molecule has 1 fully saturated rings. The second-order valence-electron chi connectivity index (χ2n) is 15.0. The van der Waals surface area contributed by atoms with Crippen LogP contribution in [-0.4, -0.2) is 46.0 Å². The number of rotatable bonds is 14. The second kappa shape index (κ2) is 17.1. The SMILES string of the molecule is C=C(C=CC(=CCCCC)c1cc(CNC(=O)Nc2cn(C(C)(C)C)nc2C(=O)CCC2CCCN(C)C(=O)C2(C)C)cc(F)c1C)CC. The molecule has 3 rings (SSSR count). The predicted octanol–water partition coefficient (Wildman–Crippen LogP) is 9.36. The van der Waals surface area contributed by atoms with Crippen LogP contribution in [-0.2, 0) is 16.9 Å². The molecule has 1 aliphatic heterocycles. The van der Waals surface area contributed by atoms with E-state index in [4.69, 9.17) is 0 Å². The highest BCUT2D eigenvalue weighted by Gasteiger charge is 2.40. The number of hydrogen-bond acceptors (Lipinski definition) is 4. The van der Waals surface area contributed by atoms with Gasteiger partial charge in [-0.05, 0) is 100 Å². The lowest BCUT2D eigenvalue weighted by Gasteiger charge is -2.32. The van der Waals surface area contributed by atoms with Crippen molar-refractivity contribution in [3.8, 4) is 0 Å². The number of hydrogen-bond donors (Lipinski definition) is 2. The zero-order chi connectivity index (χ0) is 36.5. The summed E-state index contributed by atoms with van der Waals surface area (Å²) in [7, 11) is 1.83. The summed E-state index contributed by atoms with van der Waals surface area (Å²) in [5, 5.41) is 10.3. The average molecular weight is 676 g/mol. The highest BCUT2D eigenvalue weighted by atomic mass is 19.1. The van der Waals surface area contributed by atoms with E-state index in [9.17, 15) is 14.4 Å². The number of benzene rings is 1. The number of urea groups is 1. The number of nitrogens with one attached hydrogen (secondary N) is 2. The van der Waals surface area contributed by atoms with Crippen LogP contribution in [0.3, 0.4) is 0 Å². The molecule has 2 aromatic rings. The number of anilines is 1. The van der Waals surface area contributed by atoms with Crippen molar-refractivity contribution in [3.63, 3.8) is 0 Å². The van der Waals surface area contributed by atoms with E-state index >= 15 is 4.39 Å². The van der Waals surface area contributed by atoms with Gasteiger partial charge in [0.25, 0.3) is 0 Å². The number of unbranched alkanes of at least 4 members (excludes halogenated alkanes) is 2. The third-order valence-electron chi connectivity index (χ3n) is 9.64. The molecule has 268 valence electrons. The molecule has 0 saturated carbocycles. The molecule has 0 aliphatic carbocycles. The Morgan fingerprint density at radius 3 is 2.55 bits per heavy atom. The molecule has 9 heteroatoms. The minimum atomic E-state index is -0.570. The number of halogens is 1. The first-order valence-electron chi connectivity index (χ1n) is 17.8. The van der Waals surface area contributed by atoms with Crippen molar-refractivity contribution in [2.24, 2.45) is 11.3 Å². The molecule has 49 heavy (non-hydrogen) atoms. The summed E-state index contributed by atoms with van der Waals surface area (Å²) >= 11 is 0. The van der Waals surface area contributed by atoms with Crippen LogP contribution in [0.15, 0.2) is 48.7 Å². The van der Waals surface area contributed by atoms with Gasteiger partial charge in [0.05, 0.1) is 11.2 Å². The fourth-order valence-electron chi connectivity index (χ4n) is 6.19. The molecule has 1 unspecified atom stereocenters. The van der Waals surface area contributed by atoms with Gasteiger partial charge in [0.1, 0.15) is 5.82 Å². The monoisotopic (exact) mass is 675 g/mol. The smallest absolute Gasteiger partial charge is 0.319 e. The van der Waals surface area contributed by atoms with Gasteiger partial charge in [-0.3, -0.25) is 14.3 Å². The topological polar surface area (TPSA) is 96.3 Å². The number of carbonyl (C=O) groups is 3. The third kappa shape index (κ3) is 10.5. The molecule has 1 aromatic heterocycles. The van der Waals surface area contributed by atoms with Crippen molar-refractivity contribution in [1.82, 2.24) is 20.0 Å². The van der Waals surface area contributed by atoms with Crippen molar-refractivity contribution in [2.45, 2.75) is 119 Å². The molecule has 3 amide bonds. The number of allylic oxidation sites excluding steroid dienone is 5. The van der Waals surface area contributed by atoms with Gasteiger partial charge in [0, 0.05) is 38.2 Å². The summed E-state index contributed by atoms with van der Waals surface area (Å²) in [4.78, 5) is 41.6. The van der Waals surface area contributed by atoms with E-state index in [-0.39, 0.29) is 42.1 Å². The minimum absolute atomic E-state index is 0.0565. The van der Waals surface area contributed by atoms with E-state index in [1.807, 2.05) is 66.8 Å². The van der Waals surface area contributed by atoms with Gasteiger partial charge in [-0.2, -0.15) is 5.10 Å². The predicted molar refractivity (Wildman–Crippen MR) is 198 cm³/mol. The number of ketones is 1. The Balaban J connectivity index is 1.79. The maximum atomic E-state index is 15.2. The molecule has 0 bridgehead atoms. The van der Waals surface area contributed by atoms with Crippen molar-refractivity contribution in [3.05, 3.63) is 76.9 Å². The summed E-state index contributed by atoms with van der Waals surface area (Å²) in [6.45, 7) is 20.6. The quantitative estimate of drug-likeness (QED) is 0.119. The second-order valence-corrected chi connectivity index (χ2v) is 15.0. The van der Waals surface area contributed by atoms with Crippen LogP contribution in [0.1, 0.15) is 127 Å². The van der Waals surface area contributed by atoms with Crippen molar-refractivity contribution in [1.29, 1.82) is 0 Å². The number of carbonyl (C=O) groups excluding carboxylic acids is 3. The molecule has 1 saturated heterocycles. The Labute approximate surface area is 293 Å². The Morgan fingerprint density at radius 1 is 1.18 bits per heavy atom. The van der Waals surface area contributed by atoms with E-state index in [1.165, 1.54) is 6.07 Å². The van der Waals surface area contributed by atoms with Gasteiger partial charge in [-0.1, -0.05) is 70.9 Å². The molecule has 1 aliphatic rings. The van der Waals surface area contributed by atoms with E-state index in [0.717, 1.165) is 55.2 Å². The Kier molecular flexibility index (Phi) is 13.7. The van der Waals surface area contributed by atoms with Gasteiger partial charge in [-0.25, -0.2) is 9.18 Å². The normalized spacial score (nSPS) is 16.9. The van der Waals surface area contributed by atoms with Crippen LogP contribution in [0.5, 0.6) is 0 Å². The fraction of sp³-hybridized carbons (Fsp3) is 0.550. The van der Waals surface area contributed by atoms with Gasteiger partial charge in [-0.15, -0.1) is 0 Å². The summed E-state index contributed by atoms with van der Waals surface area (Å²) in [5.41, 5.74) is 3.34.